The zero-order valence-electron chi connectivity index (χ0n) is 9.47. The summed E-state index contributed by atoms with van der Waals surface area (Å²) in [6.45, 7) is 1.75. The van der Waals surface area contributed by atoms with Crippen LogP contribution in [0, 0.1) is 0 Å². The van der Waals surface area contributed by atoms with Crippen LogP contribution in [-0.4, -0.2) is 23.0 Å². The first-order chi connectivity index (χ1) is 8.08. The molecule has 0 radical (unpaired) electrons. The van der Waals surface area contributed by atoms with E-state index in [-0.39, 0.29) is 16.9 Å². The standard InChI is InChI=1S/C12H14N2O2S/c1-7(11(13)17)14-12(15)10-6-8-4-2-3-5-9(8)16-10/h2-5,7,10H,6H2,1H3,(H2,13,17)(H,14,15). The number of benzene rings is 1. The van der Waals surface area contributed by atoms with Crippen LogP contribution >= 0.6 is 12.2 Å². The van der Waals surface area contributed by atoms with Gasteiger partial charge in [-0.25, -0.2) is 0 Å². The predicted octanol–water partition coefficient (Wildman–Crippen LogP) is 0.781. The number of nitrogens with one attached hydrogen (secondary N) is 1. The molecule has 0 saturated carbocycles. The molecule has 17 heavy (non-hydrogen) atoms. The molecule has 1 aliphatic rings. The molecule has 4 nitrogen and oxygen atoms in total. The van der Waals surface area contributed by atoms with Crippen LogP contribution in [0.1, 0.15) is 12.5 Å². The Hall–Kier alpha value is -1.62. The van der Waals surface area contributed by atoms with Crippen LogP contribution in [0.15, 0.2) is 24.3 Å². The lowest BCUT2D eigenvalue weighted by Gasteiger charge is -2.15. The molecule has 0 bridgehead atoms. The van der Waals surface area contributed by atoms with Crippen molar-refractivity contribution in [3.8, 4) is 5.75 Å². The molecule has 90 valence electrons. The molecule has 0 spiro atoms. The minimum absolute atomic E-state index is 0.179. The Morgan fingerprint density at radius 2 is 2.29 bits per heavy atom. The molecule has 0 aromatic heterocycles. The third-order valence-corrected chi connectivity index (χ3v) is 3.08. The quantitative estimate of drug-likeness (QED) is 0.778. The van der Waals surface area contributed by atoms with Crippen molar-refractivity contribution < 1.29 is 9.53 Å². The summed E-state index contributed by atoms with van der Waals surface area (Å²) in [5.41, 5.74) is 6.49. The second-order valence-electron chi connectivity index (χ2n) is 4.05. The number of carbonyl (C=O) groups is 1. The van der Waals surface area contributed by atoms with Gasteiger partial charge in [0.25, 0.3) is 5.91 Å². The van der Waals surface area contributed by atoms with E-state index in [0.29, 0.717) is 6.42 Å². The van der Waals surface area contributed by atoms with E-state index in [4.69, 9.17) is 22.7 Å². The summed E-state index contributed by atoms with van der Waals surface area (Å²) < 4.78 is 5.55. The van der Waals surface area contributed by atoms with E-state index in [1.54, 1.807) is 6.92 Å². The number of hydrogen-bond acceptors (Lipinski definition) is 3. The molecule has 3 N–H and O–H groups in total. The van der Waals surface area contributed by atoms with Crippen molar-refractivity contribution in [3.05, 3.63) is 29.8 Å². The molecule has 1 aromatic rings. The molecule has 0 saturated heterocycles. The fourth-order valence-corrected chi connectivity index (χ4v) is 1.76. The molecule has 1 aliphatic heterocycles. The smallest absolute Gasteiger partial charge is 0.261 e. The molecule has 2 rings (SSSR count). The van der Waals surface area contributed by atoms with Gasteiger partial charge in [-0.15, -0.1) is 0 Å². The third kappa shape index (κ3) is 2.55. The normalized spacial score (nSPS) is 19.0. The van der Waals surface area contributed by atoms with E-state index in [1.807, 2.05) is 24.3 Å². The van der Waals surface area contributed by atoms with Gasteiger partial charge in [-0.2, -0.15) is 0 Å². The number of amides is 1. The van der Waals surface area contributed by atoms with Gasteiger partial charge in [-0.05, 0) is 18.6 Å². The van der Waals surface area contributed by atoms with Gasteiger partial charge in [-0.1, -0.05) is 30.4 Å². The SMILES string of the molecule is CC(NC(=O)C1Cc2ccccc2O1)C(N)=S. The molecule has 1 amide bonds. The molecule has 0 aliphatic carbocycles. The maximum absolute atomic E-state index is 11.9. The minimum Gasteiger partial charge on any atom is -0.480 e. The van der Waals surface area contributed by atoms with Crippen LogP contribution in [0.4, 0.5) is 0 Å². The van der Waals surface area contributed by atoms with Gasteiger partial charge in [0.05, 0.1) is 11.0 Å². The lowest BCUT2D eigenvalue weighted by Crippen LogP contribution is -2.46. The van der Waals surface area contributed by atoms with E-state index < -0.39 is 6.10 Å². The highest BCUT2D eigenvalue weighted by molar-refractivity contribution is 7.80. The van der Waals surface area contributed by atoms with Crippen LogP contribution < -0.4 is 15.8 Å². The van der Waals surface area contributed by atoms with Crippen LogP contribution in [0.5, 0.6) is 5.75 Å². The number of carbonyl (C=O) groups excluding carboxylic acids is 1. The third-order valence-electron chi connectivity index (χ3n) is 2.73. The average Bonchev–Trinajstić information content (AvgIpc) is 2.72. The Kier molecular flexibility index (Phi) is 3.28. The van der Waals surface area contributed by atoms with E-state index in [2.05, 4.69) is 5.32 Å². The van der Waals surface area contributed by atoms with Gasteiger partial charge in [0.15, 0.2) is 6.10 Å². The Bertz CT molecular complexity index is 437. The fourth-order valence-electron chi connectivity index (χ4n) is 1.71. The summed E-state index contributed by atoms with van der Waals surface area (Å²) in [4.78, 5) is 12.1. The van der Waals surface area contributed by atoms with Gasteiger partial charge >= 0.3 is 0 Å². The van der Waals surface area contributed by atoms with Crippen LogP contribution in [0.3, 0.4) is 0 Å². The van der Waals surface area contributed by atoms with Crippen molar-refractivity contribution in [2.45, 2.75) is 25.5 Å². The van der Waals surface area contributed by atoms with Crippen LogP contribution in [-0.2, 0) is 11.2 Å². The number of fused-ring (bicyclic) bond motifs is 1. The number of nitrogens with two attached hydrogens (primary N) is 1. The van der Waals surface area contributed by atoms with Crippen molar-refractivity contribution in [1.82, 2.24) is 5.32 Å². The topological polar surface area (TPSA) is 64.3 Å². The maximum atomic E-state index is 11.9. The summed E-state index contributed by atoms with van der Waals surface area (Å²) in [5.74, 6) is 0.595. The molecular formula is C12H14N2O2S. The number of thiocarbonyl (C=S) groups is 1. The molecule has 2 atom stereocenters. The van der Waals surface area contributed by atoms with Crippen molar-refractivity contribution in [2.24, 2.45) is 5.73 Å². The van der Waals surface area contributed by atoms with Gasteiger partial charge in [0.1, 0.15) is 5.75 Å². The number of hydrogen-bond donors (Lipinski definition) is 2. The molecule has 2 unspecified atom stereocenters. The van der Waals surface area contributed by atoms with Gasteiger partial charge in [-0.3, -0.25) is 4.79 Å². The maximum Gasteiger partial charge on any atom is 0.261 e. The highest BCUT2D eigenvalue weighted by Crippen LogP contribution is 2.28. The van der Waals surface area contributed by atoms with Crippen LogP contribution in [0.2, 0.25) is 0 Å². The largest absolute Gasteiger partial charge is 0.480 e. The monoisotopic (exact) mass is 250 g/mol. The summed E-state index contributed by atoms with van der Waals surface area (Å²) in [6, 6.07) is 7.32. The first-order valence-corrected chi connectivity index (χ1v) is 5.83. The summed E-state index contributed by atoms with van der Waals surface area (Å²) in [7, 11) is 0. The lowest BCUT2D eigenvalue weighted by molar-refractivity contribution is -0.127. The molecular weight excluding hydrogens is 236 g/mol. The number of rotatable bonds is 3. The number of para-hydroxylation sites is 1. The van der Waals surface area contributed by atoms with Crippen molar-refractivity contribution in [2.75, 3.05) is 0 Å². The zero-order valence-corrected chi connectivity index (χ0v) is 10.3. The average molecular weight is 250 g/mol. The Labute approximate surface area is 105 Å². The molecule has 1 aromatic carbocycles. The van der Waals surface area contributed by atoms with Gasteiger partial charge in [0, 0.05) is 6.42 Å². The van der Waals surface area contributed by atoms with Gasteiger partial charge < -0.3 is 15.8 Å². The van der Waals surface area contributed by atoms with Gasteiger partial charge in [0.2, 0.25) is 0 Å². The second-order valence-corrected chi connectivity index (χ2v) is 4.52. The van der Waals surface area contributed by atoms with E-state index in [1.165, 1.54) is 0 Å². The Morgan fingerprint density at radius 1 is 1.59 bits per heavy atom. The van der Waals surface area contributed by atoms with Crippen LogP contribution in [0.25, 0.3) is 0 Å². The van der Waals surface area contributed by atoms with E-state index in [0.717, 1.165) is 11.3 Å². The zero-order chi connectivity index (χ0) is 12.4. The first-order valence-electron chi connectivity index (χ1n) is 5.42. The highest BCUT2D eigenvalue weighted by Gasteiger charge is 2.29. The summed E-state index contributed by atoms with van der Waals surface area (Å²) in [6.07, 6.45) is 0.107. The van der Waals surface area contributed by atoms with E-state index >= 15 is 0 Å². The molecule has 5 heteroatoms. The molecule has 0 fully saturated rings. The Morgan fingerprint density at radius 3 is 2.94 bits per heavy atom. The van der Waals surface area contributed by atoms with E-state index in [9.17, 15) is 4.79 Å². The van der Waals surface area contributed by atoms with Crippen molar-refractivity contribution >= 4 is 23.1 Å². The lowest BCUT2D eigenvalue weighted by atomic mass is 10.1. The second kappa shape index (κ2) is 4.71. The highest BCUT2D eigenvalue weighted by atomic mass is 32.1. The van der Waals surface area contributed by atoms with Crippen molar-refractivity contribution in [1.29, 1.82) is 0 Å². The molecule has 1 heterocycles. The summed E-state index contributed by atoms with van der Waals surface area (Å²) >= 11 is 4.80. The number of ether oxygens (including phenoxy) is 1. The fraction of sp³-hybridized carbons (Fsp3) is 0.333. The minimum atomic E-state index is -0.482. The van der Waals surface area contributed by atoms with Crippen molar-refractivity contribution in [3.63, 3.8) is 0 Å². The first kappa shape index (κ1) is 11.9. The summed E-state index contributed by atoms with van der Waals surface area (Å²) in [5, 5.41) is 2.73. The Balaban J connectivity index is 1.99. The predicted molar refractivity (Wildman–Crippen MR) is 69.0 cm³/mol.